The predicted molar refractivity (Wildman–Crippen MR) is 120 cm³/mol. The van der Waals surface area contributed by atoms with Crippen molar-refractivity contribution >= 4 is 11.6 Å². The maximum atomic E-state index is 10.8. The molecule has 31 heavy (non-hydrogen) atoms. The average Bonchev–Trinajstić information content (AvgIpc) is 2.79. The SMILES string of the molecule is Cc1c([C@@H]2O[C@H](CO)/C(=C\O)[C@H](O)[C@@H]2O)cc(Cc2ccc(Cl)cc2)c2c1CCCC2. The van der Waals surface area contributed by atoms with E-state index in [1.165, 1.54) is 16.7 Å². The van der Waals surface area contributed by atoms with Gasteiger partial charge in [-0.3, -0.25) is 0 Å². The van der Waals surface area contributed by atoms with Crippen molar-refractivity contribution in [1.29, 1.82) is 0 Å². The highest BCUT2D eigenvalue weighted by atomic mass is 35.5. The lowest BCUT2D eigenvalue weighted by Gasteiger charge is -2.39. The van der Waals surface area contributed by atoms with Crippen LogP contribution in [0.2, 0.25) is 5.02 Å². The topological polar surface area (TPSA) is 90.2 Å². The normalized spacial score (nSPS) is 27.3. The number of ether oxygens (including phenoxy) is 1. The van der Waals surface area contributed by atoms with Crippen LogP contribution in [0.15, 0.2) is 42.2 Å². The summed E-state index contributed by atoms with van der Waals surface area (Å²) in [6.07, 6.45) is 1.49. The zero-order valence-electron chi connectivity index (χ0n) is 17.6. The molecular formula is C25H29ClO5. The molecule has 2 aromatic rings. The zero-order chi connectivity index (χ0) is 22.1. The van der Waals surface area contributed by atoms with Gasteiger partial charge in [0, 0.05) is 10.6 Å². The predicted octanol–water partition coefficient (Wildman–Crippen LogP) is 3.71. The Kier molecular flexibility index (Phi) is 6.70. The maximum Gasteiger partial charge on any atom is 0.114 e. The number of hydrogen-bond donors (Lipinski definition) is 4. The highest BCUT2D eigenvalue weighted by molar-refractivity contribution is 6.30. The third-order valence-corrected chi connectivity index (χ3v) is 6.91. The molecule has 0 radical (unpaired) electrons. The van der Waals surface area contributed by atoms with Crippen LogP contribution < -0.4 is 0 Å². The Labute approximate surface area is 187 Å². The highest BCUT2D eigenvalue weighted by Crippen LogP contribution is 2.40. The van der Waals surface area contributed by atoms with Gasteiger partial charge in [-0.1, -0.05) is 29.8 Å². The van der Waals surface area contributed by atoms with E-state index in [1.54, 1.807) is 0 Å². The molecule has 166 valence electrons. The van der Waals surface area contributed by atoms with Gasteiger partial charge in [-0.25, -0.2) is 0 Å². The van der Waals surface area contributed by atoms with E-state index in [0.29, 0.717) is 5.02 Å². The zero-order valence-corrected chi connectivity index (χ0v) is 18.3. The Morgan fingerprint density at radius 3 is 2.42 bits per heavy atom. The van der Waals surface area contributed by atoms with Crippen molar-refractivity contribution in [2.45, 2.75) is 63.4 Å². The maximum absolute atomic E-state index is 10.8. The van der Waals surface area contributed by atoms with E-state index >= 15 is 0 Å². The van der Waals surface area contributed by atoms with Crippen LogP contribution in [-0.4, -0.2) is 45.3 Å². The Morgan fingerprint density at radius 1 is 1.10 bits per heavy atom. The Hall–Kier alpha value is -1.89. The van der Waals surface area contributed by atoms with Gasteiger partial charge in [0.15, 0.2) is 0 Å². The molecule has 1 aliphatic heterocycles. The van der Waals surface area contributed by atoms with Gasteiger partial charge in [0.05, 0.1) is 12.9 Å². The van der Waals surface area contributed by atoms with Crippen molar-refractivity contribution in [3.63, 3.8) is 0 Å². The largest absolute Gasteiger partial charge is 0.515 e. The quantitative estimate of drug-likeness (QED) is 0.540. The van der Waals surface area contributed by atoms with Gasteiger partial charge in [0.1, 0.15) is 24.4 Å². The standard InChI is InChI=1S/C25H29ClO5/c1-14-18-4-2-3-5-19(18)16(10-15-6-8-17(26)9-7-15)11-20(14)25-24(30)23(29)21(12-27)22(13-28)31-25/h6-9,11-12,22-25,27-30H,2-5,10,13H2,1H3/b21-12+/t22-,23+,24+,25+/m1/s1. The molecule has 4 rings (SSSR count). The Bertz CT molecular complexity index is 965. The first kappa shape index (κ1) is 22.3. The van der Waals surface area contributed by atoms with Crippen molar-refractivity contribution in [2.24, 2.45) is 0 Å². The summed E-state index contributed by atoms with van der Waals surface area (Å²) in [5, 5.41) is 41.2. The molecule has 0 saturated carbocycles. The molecule has 2 aromatic carbocycles. The van der Waals surface area contributed by atoms with Crippen molar-refractivity contribution < 1.29 is 25.2 Å². The average molecular weight is 445 g/mol. The van der Waals surface area contributed by atoms with Crippen LogP contribution in [0.1, 0.15) is 52.3 Å². The van der Waals surface area contributed by atoms with E-state index in [4.69, 9.17) is 16.3 Å². The minimum absolute atomic E-state index is 0.0863. The van der Waals surface area contributed by atoms with Gasteiger partial charge in [0.25, 0.3) is 0 Å². The number of halogens is 1. The van der Waals surface area contributed by atoms with Gasteiger partial charge in [-0.05, 0) is 84.5 Å². The molecule has 2 aliphatic rings. The molecule has 4 atom stereocenters. The highest BCUT2D eigenvalue weighted by Gasteiger charge is 2.42. The first-order chi connectivity index (χ1) is 14.9. The third kappa shape index (κ3) is 4.26. The van der Waals surface area contributed by atoms with Crippen molar-refractivity contribution in [2.75, 3.05) is 6.61 Å². The summed E-state index contributed by atoms with van der Waals surface area (Å²) < 4.78 is 5.99. The molecular weight excluding hydrogens is 416 g/mol. The molecule has 0 bridgehead atoms. The van der Waals surface area contributed by atoms with Crippen molar-refractivity contribution in [3.05, 3.63) is 80.6 Å². The first-order valence-corrected chi connectivity index (χ1v) is 11.2. The van der Waals surface area contributed by atoms with Crippen LogP contribution in [0.3, 0.4) is 0 Å². The van der Waals surface area contributed by atoms with Gasteiger partial charge >= 0.3 is 0 Å². The molecule has 4 N–H and O–H groups in total. The molecule has 0 spiro atoms. The van der Waals surface area contributed by atoms with Crippen LogP contribution in [-0.2, 0) is 24.0 Å². The van der Waals surface area contributed by atoms with Gasteiger partial charge in [-0.15, -0.1) is 0 Å². The Morgan fingerprint density at radius 2 is 1.77 bits per heavy atom. The first-order valence-electron chi connectivity index (χ1n) is 10.8. The smallest absolute Gasteiger partial charge is 0.114 e. The van der Waals surface area contributed by atoms with E-state index in [9.17, 15) is 20.4 Å². The number of aliphatic hydroxyl groups excluding tert-OH is 4. The number of benzene rings is 2. The molecule has 1 fully saturated rings. The fraction of sp³-hybridized carbons (Fsp3) is 0.440. The monoisotopic (exact) mass is 444 g/mol. The second-order valence-electron chi connectivity index (χ2n) is 8.51. The third-order valence-electron chi connectivity index (χ3n) is 6.66. The van der Waals surface area contributed by atoms with E-state index < -0.39 is 31.0 Å². The number of rotatable bonds is 4. The lowest BCUT2D eigenvalue weighted by Crippen LogP contribution is -2.47. The molecule has 0 unspecified atom stereocenters. The van der Waals surface area contributed by atoms with E-state index in [1.807, 2.05) is 31.2 Å². The lowest BCUT2D eigenvalue weighted by atomic mass is 9.79. The van der Waals surface area contributed by atoms with Crippen LogP contribution in [0.4, 0.5) is 0 Å². The van der Waals surface area contributed by atoms with Crippen LogP contribution in [0.25, 0.3) is 0 Å². The summed E-state index contributed by atoms with van der Waals surface area (Å²) in [6, 6.07) is 9.89. The summed E-state index contributed by atoms with van der Waals surface area (Å²) in [6.45, 7) is 1.65. The van der Waals surface area contributed by atoms with E-state index in [-0.39, 0.29) is 5.57 Å². The summed E-state index contributed by atoms with van der Waals surface area (Å²) >= 11 is 6.05. The van der Waals surface area contributed by atoms with E-state index in [2.05, 4.69) is 6.07 Å². The molecule has 1 heterocycles. The minimum Gasteiger partial charge on any atom is -0.515 e. The second-order valence-corrected chi connectivity index (χ2v) is 8.95. The summed E-state index contributed by atoms with van der Waals surface area (Å²) in [4.78, 5) is 0. The Balaban J connectivity index is 1.78. The molecule has 0 aromatic heterocycles. The fourth-order valence-electron chi connectivity index (χ4n) is 4.96. The summed E-state index contributed by atoms with van der Waals surface area (Å²) in [7, 11) is 0. The molecule has 0 amide bonds. The summed E-state index contributed by atoms with van der Waals surface area (Å²) in [5.74, 6) is 0. The lowest BCUT2D eigenvalue weighted by molar-refractivity contribution is -0.149. The minimum atomic E-state index is -1.31. The van der Waals surface area contributed by atoms with Crippen LogP contribution in [0, 0.1) is 6.92 Å². The fourth-order valence-corrected chi connectivity index (χ4v) is 5.09. The second kappa shape index (κ2) is 9.31. The molecule has 5 nitrogen and oxygen atoms in total. The molecule has 1 aliphatic carbocycles. The molecule has 6 heteroatoms. The van der Waals surface area contributed by atoms with Crippen LogP contribution in [0.5, 0.6) is 0 Å². The number of hydrogen-bond acceptors (Lipinski definition) is 5. The van der Waals surface area contributed by atoms with Crippen LogP contribution >= 0.6 is 11.6 Å². The molecule has 1 saturated heterocycles. The van der Waals surface area contributed by atoms with Crippen molar-refractivity contribution in [3.8, 4) is 0 Å². The number of fused-ring (bicyclic) bond motifs is 1. The van der Waals surface area contributed by atoms with Gasteiger partial charge in [0.2, 0.25) is 0 Å². The van der Waals surface area contributed by atoms with E-state index in [0.717, 1.165) is 55.1 Å². The number of aliphatic hydroxyl groups is 4. The van der Waals surface area contributed by atoms with Crippen molar-refractivity contribution in [1.82, 2.24) is 0 Å². The van der Waals surface area contributed by atoms with Gasteiger partial charge < -0.3 is 25.2 Å². The summed E-state index contributed by atoms with van der Waals surface area (Å²) in [5.41, 5.74) is 6.97. The van der Waals surface area contributed by atoms with Gasteiger partial charge in [-0.2, -0.15) is 0 Å².